The van der Waals surface area contributed by atoms with Gasteiger partial charge >= 0.3 is 0 Å². The minimum Gasteiger partial charge on any atom is -0.369 e. The zero-order valence-corrected chi connectivity index (χ0v) is 15.6. The van der Waals surface area contributed by atoms with E-state index in [-0.39, 0.29) is 0 Å². The number of hydrogen-bond donors (Lipinski definition) is 2. The topological polar surface area (TPSA) is 49.8 Å². The minimum atomic E-state index is 0.684. The summed E-state index contributed by atoms with van der Waals surface area (Å²) in [5.41, 5.74) is 1.87. The molecule has 2 rings (SSSR count). The molecule has 0 saturated heterocycles. The van der Waals surface area contributed by atoms with Crippen molar-refractivity contribution in [2.45, 2.75) is 20.3 Å². The molecule has 0 fully saturated rings. The van der Waals surface area contributed by atoms with Crippen molar-refractivity contribution in [3.63, 3.8) is 0 Å². The first-order chi connectivity index (χ1) is 10.0. The van der Waals surface area contributed by atoms with Crippen LogP contribution in [0.5, 0.6) is 0 Å². The lowest BCUT2D eigenvalue weighted by Gasteiger charge is -2.13. The van der Waals surface area contributed by atoms with Gasteiger partial charge in [0.25, 0.3) is 0 Å². The molecule has 2 N–H and O–H groups in total. The number of nitrogens with one attached hydrogen (secondary N) is 2. The summed E-state index contributed by atoms with van der Waals surface area (Å²) < 4.78 is 1.72. The maximum absolute atomic E-state index is 6.17. The van der Waals surface area contributed by atoms with Gasteiger partial charge in [0.15, 0.2) is 0 Å². The highest BCUT2D eigenvalue weighted by atomic mass is 79.9. The van der Waals surface area contributed by atoms with Crippen LogP contribution in [0.4, 0.5) is 17.3 Å². The molecule has 21 heavy (non-hydrogen) atoms. The average Bonchev–Trinajstić information content (AvgIpc) is 2.45. The molecule has 2 aromatic rings. The predicted octanol–water partition coefficient (Wildman–Crippen LogP) is 5.53. The lowest BCUT2D eigenvalue weighted by atomic mass is 10.2. The molecule has 1 aromatic heterocycles. The second kappa shape index (κ2) is 7.42. The first-order valence-electron chi connectivity index (χ1n) is 6.50. The smallest absolute Gasteiger partial charge is 0.150 e. The Bertz CT molecular complexity index is 649. The summed E-state index contributed by atoms with van der Waals surface area (Å²) in [6.45, 7) is 4.92. The van der Waals surface area contributed by atoms with Crippen LogP contribution in [0.1, 0.15) is 18.9 Å². The fourth-order valence-corrected chi connectivity index (χ4v) is 2.86. The van der Waals surface area contributed by atoms with Crippen LogP contribution in [0.2, 0.25) is 5.02 Å². The van der Waals surface area contributed by atoms with Gasteiger partial charge < -0.3 is 10.6 Å². The minimum absolute atomic E-state index is 0.684. The molecule has 0 spiro atoms. The van der Waals surface area contributed by atoms with E-state index >= 15 is 0 Å². The highest BCUT2D eigenvalue weighted by Gasteiger charge is 2.11. The molecule has 0 aliphatic rings. The van der Waals surface area contributed by atoms with E-state index in [2.05, 4.69) is 59.4 Å². The summed E-state index contributed by atoms with van der Waals surface area (Å²) in [7, 11) is 0. The van der Waals surface area contributed by atoms with Crippen molar-refractivity contribution in [1.29, 1.82) is 0 Å². The molecule has 0 radical (unpaired) electrons. The van der Waals surface area contributed by atoms with Crippen LogP contribution >= 0.6 is 43.5 Å². The number of rotatable bonds is 5. The normalized spacial score (nSPS) is 10.5. The van der Waals surface area contributed by atoms with Gasteiger partial charge in [-0.05, 0) is 62.9 Å². The van der Waals surface area contributed by atoms with Crippen LogP contribution in [0.3, 0.4) is 0 Å². The number of halogens is 3. The molecule has 4 nitrogen and oxygen atoms in total. The van der Waals surface area contributed by atoms with Crippen LogP contribution in [0.15, 0.2) is 27.4 Å². The van der Waals surface area contributed by atoms with Crippen molar-refractivity contribution in [3.05, 3.63) is 38.0 Å². The number of anilines is 3. The highest BCUT2D eigenvalue weighted by Crippen LogP contribution is 2.34. The average molecular weight is 435 g/mol. The standard InChI is InChI=1S/C14H15Br2ClN4/c1-3-4-18-13-12(16)14(20-7-19-13)21-11-6-10(17)8(2)5-9(11)15/h5-7H,3-4H2,1-2H3,(H2,18,19,20,21). The largest absolute Gasteiger partial charge is 0.369 e. The molecule has 0 amide bonds. The molecule has 0 atom stereocenters. The third kappa shape index (κ3) is 4.08. The van der Waals surface area contributed by atoms with E-state index in [0.29, 0.717) is 10.8 Å². The van der Waals surface area contributed by atoms with E-state index in [9.17, 15) is 0 Å². The summed E-state index contributed by atoms with van der Waals surface area (Å²) in [6, 6.07) is 3.84. The molecule has 0 saturated carbocycles. The van der Waals surface area contributed by atoms with E-state index < -0.39 is 0 Å². The Hall–Kier alpha value is -0.850. The van der Waals surface area contributed by atoms with Gasteiger partial charge in [-0.3, -0.25) is 0 Å². The van der Waals surface area contributed by atoms with Crippen LogP contribution in [0, 0.1) is 6.92 Å². The van der Waals surface area contributed by atoms with E-state index in [1.165, 1.54) is 6.33 Å². The van der Waals surface area contributed by atoms with Crippen molar-refractivity contribution in [2.24, 2.45) is 0 Å². The fraction of sp³-hybridized carbons (Fsp3) is 0.286. The summed E-state index contributed by atoms with van der Waals surface area (Å²) >= 11 is 13.2. The van der Waals surface area contributed by atoms with Gasteiger partial charge in [-0.25, -0.2) is 9.97 Å². The number of hydrogen-bond acceptors (Lipinski definition) is 4. The molecule has 0 aliphatic carbocycles. The van der Waals surface area contributed by atoms with Crippen LogP contribution in [-0.2, 0) is 0 Å². The second-order valence-corrected chi connectivity index (χ2v) is 6.57. The fourth-order valence-electron chi connectivity index (χ4n) is 1.69. The van der Waals surface area contributed by atoms with Crippen molar-refractivity contribution in [3.8, 4) is 0 Å². The monoisotopic (exact) mass is 432 g/mol. The maximum atomic E-state index is 6.17. The maximum Gasteiger partial charge on any atom is 0.150 e. The third-order valence-corrected chi connectivity index (χ3v) is 4.65. The molecule has 1 aromatic carbocycles. The highest BCUT2D eigenvalue weighted by molar-refractivity contribution is 9.11. The first-order valence-corrected chi connectivity index (χ1v) is 8.46. The van der Waals surface area contributed by atoms with Crippen molar-refractivity contribution >= 4 is 60.8 Å². The van der Waals surface area contributed by atoms with Gasteiger partial charge in [0.1, 0.15) is 22.4 Å². The number of benzene rings is 1. The van der Waals surface area contributed by atoms with E-state index in [1.807, 2.05) is 19.1 Å². The number of aryl methyl sites for hydroxylation is 1. The summed E-state index contributed by atoms with van der Waals surface area (Å²) in [4.78, 5) is 8.49. The Morgan fingerprint density at radius 1 is 1.19 bits per heavy atom. The molecular formula is C14H15Br2ClN4. The number of nitrogens with zero attached hydrogens (tertiary/aromatic N) is 2. The molecule has 1 heterocycles. The first kappa shape index (κ1) is 16.5. The molecule has 0 bridgehead atoms. The van der Waals surface area contributed by atoms with Gasteiger partial charge in [0.05, 0.1) is 5.69 Å². The van der Waals surface area contributed by atoms with Gasteiger partial charge in [0, 0.05) is 16.0 Å². The Morgan fingerprint density at radius 3 is 2.62 bits per heavy atom. The van der Waals surface area contributed by atoms with E-state index in [4.69, 9.17) is 11.6 Å². The van der Waals surface area contributed by atoms with E-state index in [0.717, 1.165) is 39.0 Å². The molecule has 7 heteroatoms. The van der Waals surface area contributed by atoms with Gasteiger partial charge in [-0.2, -0.15) is 0 Å². The summed E-state index contributed by atoms with van der Waals surface area (Å²) in [5.74, 6) is 1.45. The lowest BCUT2D eigenvalue weighted by molar-refractivity contribution is 0.962. The Kier molecular flexibility index (Phi) is 5.84. The third-order valence-electron chi connectivity index (χ3n) is 2.83. The Balaban J connectivity index is 2.29. The SMILES string of the molecule is CCCNc1ncnc(Nc2cc(Cl)c(C)cc2Br)c1Br. The molecule has 0 unspecified atom stereocenters. The summed E-state index contributed by atoms with van der Waals surface area (Å²) in [5, 5.41) is 7.21. The summed E-state index contributed by atoms with van der Waals surface area (Å²) in [6.07, 6.45) is 2.55. The van der Waals surface area contributed by atoms with Gasteiger partial charge in [0.2, 0.25) is 0 Å². The van der Waals surface area contributed by atoms with E-state index in [1.54, 1.807) is 0 Å². The van der Waals surface area contributed by atoms with Crippen LogP contribution < -0.4 is 10.6 Å². The Labute approximate surface area is 146 Å². The van der Waals surface area contributed by atoms with Crippen LogP contribution in [0.25, 0.3) is 0 Å². The van der Waals surface area contributed by atoms with Crippen molar-refractivity contribution < 1.29 is 0 Å². The molecule has 0 aliphatic heterocycles. The number of aromatic nitrogens is 2. The zero-order valence-electron chi connectivity index (χ0n) is 11.7. The molecule has 112 valence electrons. The predicted molar refractivity (Wildman–Crippen MR) is 95.7 cm³/mol. The lowest BCUT2D eigenvalue weighted by Crippen LogP contribution is -2.05. The van der Waals surface area contributed by atoms with Gasteiger partial charge in [-0.15, -0.1) is 0 Å². The van der Waals surface area contributed by atoms with Crippen molar-refractivity contribution in [1.82, 2.24) is 9.97 Å². The quantitative estimate of drug-likeness (QED) is 0.650. The zero-order chi connectivity index (χ0) is 15.4. The molecular weight excluding hydrogens is 419 g/mol. The van der Waals surface area contributed by atoms with Crippen LogP contribution in [-0.4, -0.2) is 16.5 Å². The van der Waals surface area contributed by atoms with Crippen molar-refractivity contribution in [2.75, 3.05) is 17.2 Å². The van der Waals surface area contributed by atoms with Gasteiger partial charge in [-0.1, -0.05) is 18.5 Å². The second-order valence-electron chi connectivity index (χ2n) is 4.52. The Morgan fingerprint density at radius 2 is 1.90 bits per heavy atom.